The Bertz CT molecular complexity index is 133. The zero-order chi connectivity index (χ0) is 9.40. The van der Waals surface area contributed by atoms with Crippen LogP contribution in [0.3, 0.4) is 0 Å². The number of nitrogens with two attached hydrogens (primary N) is 1. The fraction of sp³-hybridized carbons (Fsp3) is 0.875. The molecule has 1 heterocycles. The van der Waals surface area contributed by atoms with Crippen molar-refractivity contribution < 1.29 is 11.0 Å². The molecule has 4 nitrogen and oxygen atoms in total. The highest BCUT2D eigenvalue weighted by atomic mass is 16.5. The van der Waals surface area contributed by atoms with Crippen LogP contribution >= 0.6 is 0 Å². The average molecular weight is 176 g/mol. The van der Waals surface area contributed by atoms with E-state index in [1.165, 1.54) is 0 Å². The molecule has 12 heavy (non-hydrogen) atoms. The molecule has 1 atom stereocenters. The van der Waals surface area contributed by atoms with Crippen LogP contribution in [0.1, 0.15) is 28.1 Å². The van der Waals surface area contributed by atoms with Crippen molar-refractivity contribution in [1.29, 1.82) is 0 Å². The van der Waals surface area contributed by atoms with Crippen molar-refractivity contribution >= 4 is 5.91 Å². The summed E-state index contributed by atoms with van der Waals surface area (Å²) < 4.78 is 5.01. The molecule has 0 saturated carbocycles. The lowest BCUT2D eigenvalue weighted by molar-refractivity contribution is -0.125. The van der Waals surface area contributed by atoms with Gasteiger partial charge < -0.3 is 15.8 Å². The van der Waals surface area contributed by atoms with Crippen LogP contribution in [0.4, 0.5) is 0 Å². The molecule has 4 heteroatoms. The van der Waals surface area contributed by atoms with Gasteiger partial charge in [0.2, 0.25) is 5.91 Å². The molecule has 0 aromatic carbocycles. The van der Waals surface area contributed by atoms with Crippen molar-refractivity contribution in [3.63, 3.8) is 0 Å². The quantitative estimate of drug-likeness (QED) is 0.564. The van der Waals surface area contributed by atoms with Gasteiger partial charge in [0, 0.05) is 8.03 Å². The second-order valence-corrected chi connectivity index (χ2v) is 2.34. The molecule has 1 aliphatic rings. The Kier molecular flexibility index (Phi) is 6.70. The van der Waals surface area contributed by atoms with Gasteiger partial charge in [-0.2, -0.15) is 0 Å². The molecule has 1 unspecified atom stereocenters. The summed E-state index contributed by atoms with van der Waals surface area (Å²) in [7, 11) is 0. The van der Waals surface area contributed by atoms with Crippen LogP contribution in [0.2, 0.25) is 0 Å². The maximum Gasteiger partial charge on any atom is 0.238 e. The summed E-state index contributed by atoms with van der Waals surface area (Å²) in [5.74, 6) is -0.111. The number of ether oxygens (including phenoxy) is 1. The SMILES string of the molecule is CC.NC1CCCOCNC1=O.[HH]. The molecule has 1 saturated heterocycles. The fourth-order valence-electron chi connectivity index (χ4n) is 0.862. The van der Waals surface area contributed by atoms with Crippen molar-refractivity contribution in [3.8, 4) is 0 Å². The standard InChI is InChI=1S/C6H12N2O2.C2H6.H2/c7-5-2-1-3-10-4-8-6(5)9;1-2;/h5H,1-4,7H2,(H,8,9);1-2H3;1H. The highest BCUT2D eigenvalue weighted by Gasteiger charge is 2.13. The molecule has 1 aliphatic heterocycles. The van der Waals surface area contributed by atoms with Gasteiger partial charge in [0.25, 0.3) is 0 Å². The molecule has 1 fully saturated rings. The van der Waals surface area contributed by atoms with Crippen LogP contribution in [0.25, 0.3) is 0 Å². The number of rotatable bonds is 0. The zero-order valence-electron chi connectivity index (χ0n) is 7.80. The first-order valence-electron chi connectivity index (χ1n) is 4.42. The summed E-state index contributed by atoms with van der Waals surface area (Å²) in [4.78, 5) is 10.9. The van der Waals surface area contributed by atoms with Crippen molar-refractivity contribution in [3.05, 3.63) is 0 Å². The van der Waals surface area contributed by atoms with E-state index in [0.29, 0.717) is 19.8 Å². The van der Waals surface area contributed by atoms with Gasteiger partial charge in [0.05, 0.1) is 6.04 Å². The Morgan fingerprint density at radius 1 is 1.67 bits per heavy atom. The summed E-state index contributed by atoms with van der Waals surface area (Å²) >= 11 is 0. The Morgan fingerprint density at radius 3 is 3.00 bits per heavy atom. The minimum atomic E-state index is -0.344. The Labute approximate surface area is 74.9 Å². The summed E-state index contributed by atoms with van der Waals surface area (Å²) in [6, 6.07) is -0.344. The lowest BCUT2D eigenvalue weighted by Crippen LogP contribution is -2.43. The first kappa shape index (κ1) is 11.4. The van der Waals surface area contributed by atoms with E-state index in [1.807, 2.05) is 13.8 Å². The van der Waals surface area contributed by atoms with E-state index in [-0.39, 0.29) is 13.4 Å². The second-order valence-electron chi connectivity index (χ2n) is 2.34. The molecule has 74 valence electrons. The number of hydrogen-bond acceptors (Lipinski definition) is 3. The number of carbonyl (C=O) groups excluding carboxylic acids is 1. The smallest absolute Gasteiger partial charge is 0.238 e. The molecule has 0 aliphatic carbocycles. The molecule has 1 rings (SSSR count). The van der Waals surface area contributed by atoms with E-state index < -0.39 is 0 Å². The summed E-state index contributed by atoms with van der Waals surface area (Å²) in [6.07, 6.45) is 1.58. The van der Waals surface area contributed by atoms with Crippen LogP contribution in [-0.4, -0.2) is 25.3 Å². The van der Waals surface area contributed by atoms with Crippen molar-refractivity contribution in [2.75, 3.05) is 13.3 Å². The van der Waals surface area contributed by atoms with E-state index in [1.54, 1.807) is 0 Å². The lowest BCUT2D eigenvalue weighted by atomic mass is 10.1. The number of carbonyl (C=O) groups is 1. The van der Waals surface area contributed by atoms with Gasteiger partial charge in [-0.1, -0.05) is 13.8 Å². The van der Waals surface area contributed by atoms with E-state index in [4.69, 9.17) is 10.5 Å². The van der Waals surface area contributed by atoms with Gasteiger partial charge in [-0.05, 0) is 12.8 Å². The monoisotopic (exact) mass is 176 g/mol. The minimum Gasteiger partial charge on any atom is -0.361 e. The minimum absolute atomic E-state index is 0. The Balaban J connectivity index is 0. The molecular formula is C8H20N2O2. The maximum absolute atomic E-state index is 10.9. The summed E-state index contributed by atoms with van der Waals surface area (Å²) in [5, 5.41) is 2.55. The average Bonchev–Trinajstić information content (AvgIpc) is 2.11. The molecule has 0 aromatic rings. The molecule has 3 N–H and O–H groups in total. The van der Waals surface area contributed by atoms with E-state index in [9.17, 15) is 4.79 Å². The third-order valence-corrected chi connectivity index (χ3v) is 1.49. The van der Waals surface area contributed by atoms with Crippen LogP contribution in [0.15, 0.2) is 0 Å². The first-order chi connectivity index (χ1) is 5.80. The lowest BCUT2D eigenvalue weighted by Gasteiger charge is -2.15. The molecule has 1 amide bonds. The van der Waals surface area contributed by atoms with Crippen LogP contribution in [0, 0.1) is 0 Å². The molecule has 0 bridgehead atoms. The Hall–Kier alpha value is -0.610. The predicted octanol–water partition coefficient (Wildman–Crippen LogP) is 0.470. The topological polar surface area (TPSA) is 64.3 Å². The van der Waals surface area contributed by atoms with E-state index in [2.05, 4.69) is 5.32 Å². The van der Waals surface area contributed by atoms with Crippen molar-refractivity contribution in [1.82, 2.24) is 5.32 Å². The van der Waals surface area contributed by atoms with Gasteiger partial charge in [0.1, 0.15) is 6.73 Å². The Morgan fingerprint density at radius 2 is 2.33 bits per heavy atom. The van der Waals surface area contributed by atoms with Gasteiger partial charge >= 0.3 is 0 Å². The van der Waals surface area contributed by atoms with E-state index >= 15 is 0 Å². The molecule has 0 spiro atoms. The highest BCUT2D eigenvalue weighted by Crippen LogP contribution is 1.97. The van der Waals surface area contributed by atoms with Gasteiger partial charge in [-0.15, -0.1) is 0 Å². The maximum atomic E-state index is 10.9. The van der Waals surface area contributed by atoms with Gasteiger partial charge in [0.15, 0.2) is 0 Å². The molecule has 0 radical (unpaired) electrons. The summed E-state index contributed by atoms with van der Waals surface area (Å²) in [5.41, 5.74) is 5.48. The van der Waals surface area contributed by atoms with E-state index in [0.717, 1.165) is 6.42 Å². The summed E-state index contributed by atoms with van der Waals surface area (Å²) in [6.45, 7) is 4.99. The zero-order valence-corrected chi connectivity index (χ0v) is 7.80. The second kappa shape index (κ2) is 7.06. The third kappa shape index (κ3) is 4.31. The predicted molar refractivity (Wildman–Crippen MR) is 49.6 cm³/mol. The van der Waals surface area contributed by atoms with Crippen molar-refractivity contribution in [2.45, 2.75) is 32.7 Å². The third-order valence-electron chi connectivity index (χ3n) is 1.49. The highest BCUT2D eigenvalue weighted by molar-refractivity contribution is 5.81. The number of nitrogens with one attached hydrogen (secondary N) is 1. The normalized spacial score (nSPS) is 24.2. The van der Waals surface area contributed by atoms with Crippen LogP contribution in [0.5, 0.6) is 0 Å². The number of amides is 1. The van der Waals surface area contributed by atoms with Crippen LogP contribution in [-0.2, 0) is 9.53 Å². The van der Waals surface area contributed by atoms with Gasteiger partial charge in [-0.25, -0.2) is 0 Å². The number of hydrogen-bond donors (Lipinski definition) is 2. The van der Waals surface area contributed by atoms with Crippen molar-refractivity contribution in [2.24, 2.45) is 5.73 Å². The molecular weight excluding hydrogens is 156 g/mol. The molecule has 0 aromatic heterocycles. The fourth-order valence-corrected chi connectivity index (χ4v) is 0.862. The first-order valence-corrected chi connectivity index (χ1v) is 4.42. The van der Waals surface area contributed by atoms with Gasteiger partial charge in [-0.3, -0.25) is 4.79 Å². The largest absolute Gasteiger partial charge is 0.361 e. The van der Waals surface area contributed by atoms with Crippen LogP contribution < -0.4 is 11.1 Å².